The summed E-state index contributed by atoms with van der Waals surface area (Å²) >= 11 is 0. The number of nitrogens with one attached hydrogen (secondary N) is 3. The molecule has 0 radical (unpaired) electrons. The van der Waals surface area contributed by atoms with Crippen LogP contribution >= 0.6 is 0 Å². The lowest BCUT2D eigenvalue weighted by atomic mass is 9.88. The molecule has 3 rings (SSSR count). The minimum atomic E-state index is -0.00452. The Bertz CT molecular complexity index is 565. The minimum absolute atomic E-state index is 0.00452. The summed E-state index contributed by atoms with van der Waals surface area (Å²) in [7, 11) is 0. The summed E-state index contributed by atoms with van der Waals surface area (Å²) in [6, 6.07) is 11.0. The van der Waals surface area contributed by atoms with Gasteiger partial charge in [0.15, 0.2) is 5.96 Å². The molecule has 1 aromatic rings. The molecule has 1 saturated heterocycles. The number of rotatable bonds is 8. The Morgan fingerprint density at radius 2 is 1.92 bits per heavy atom. The van der Waals surface area contributed by atoms with E-state index in [1.165, 1.54) is 18.4 Å². The third kappa shape index (κ3) is 5.71. The number of guanidine groups is 1. The molecule has 5 nitrogen and oxygen atoms in total. The molecule has 1 atom stereocenters. The maximum atomic E-state index is 5.63. The van der Waals surface area contributed by atoms with Crippen LogP contribution in [0.3, 0.4) is 0 Å². The molecule has 0 spiro atoms. The van der Waals surface area contributed by atoms with Crippen molar-refractivity contribution in [2.75, 3.05) is 32.8 Å². The fourth-order valence-corrected chi connectivity index (χ4v) is 3.53. The molecule has 144 valence electrons. The maximum Gasteiger partial charge on any atom is 0.191 e. The lowest BCUT2D eigenvalue weighted by Crippen LogP contribution is -2.53. The first kappa shape index (κ1) is 19.2. The van der Waals surface area contributed by atoms with Gasteiger partial charge in [-0.1, -0.05) is 30.3 Å². The monoisotopic (exact) mass is 358 g/mol. The molecule has 1 unspecified atom stereocenters. The summed E-state index contributed by atoms with van der Waals surface area (Å²) in [5.41, 5.74) is 1.32. The average Bonchev–Trinajstić information content (AvgIpc) is 3.50. The quantitative estimate of drug-likeness (QED) is 0.494. The second kappa shape index (κ2) is 9.38. The zero-order chi connectivity index (χ0) is 18.2. The van der Waals surface area contributed by atoms with E-state index < -0.39 is 0 Å². The number of ether oxygens (including phenoxy) is 1. The van der Waals surface area contributed by atoms with E-state index in [1.807, 2.05) is 0 Å². The van der Waals surface area contributed by atoms with Crippen molar-refractivity contribution in [1.82, 2.24) is 16.0 Å². The SMILES string of the molecule is CCNC(=NCC1(NC(C)c2ccccc2)CCOCC1)NCC1CC1. The fraction of sp³-hybridized carbons (Fsp3) is 0.667. The van der Waals surface area contributed by atoms with Gasteiger partial charge in [0.05, 0.1) is 6.54 Å². The van der Waals surface area contributed by atoms with Crippen LogP contribution < -0.4 is 16.0 Å². The minimum Gasteiger partial charge on any atom is -0.381 e. The van der Waals surface area contributed by atoms with Gasteiger partial charge in [0.1, 0.15) is 0 Å². The Morgan fingerprint density at radius 1 is 1.19 bits per heavy atom. The van der Waals surface area contributed by atoms with Crippen LogP contribution in [0.15, 0.2) is 35.3 Å². The van der Waals surface area contributed by atoms with E-state index in [0.29, 0.717) is 6.04 Å². The number of hydrogen-bond acceptors (Lipinski definition) is 3. The Morgan fingerprint density at radius 3 is 2.58 bits per heavy atom. The van der Waals surface area contributed by atoms with E-state index in [9.17, 15) is 0 Å². The molecule has 1 aromatic carbocycles. The van der Waals surface area contributed by atoms with Crippen molar-refractivity contribution < 1.29 is 4.74 Å². The van der Waals surface area contributed by atoms with Crippen LogP contribution in [0, 0.1) is 5.92 Å². The molecule has 1 aliphatic heterocycles. The topological polar surface area (TPSA) is 57.7 Å². The van der Waals surface area contributed by atoms with Gasteiger partial charge in [0, 0.05) is 37.9 Å². The van der Waals surface area contributed by atoms with E-state index in [-0.39, 0.29) is 5.54 Å². The van der Waals surface area contributed by atoms with Crippen LogP contribution in [0.25, 0.3) is 0 Å². The van der Waals surface area contributed by atoms with Crippen LogP contribution in [0.1, 0.15) is 51.1 Å². The number of nitrogens with zero attached hydrogens (tertiary/aromatic N) is 1. The van der Waals surface area contributed by atoms with E-state index in [1.54, 1.807) is 0 Å². The van der Waals surface area contributed by atoms with Crippen LogP contribution in [0.5, 0.6) is 0 Å². The zero-order valence-electron chi connectivity index (χ0n) is 16.3. The first-order valence-electron chi connectivity index (χ1n) is 10.1. The van der Waals surface area contributed by atoms with Crippen LogP contribution in [0.2, 0.25) is 0 Å². The highest BCUT2D eigenvalue weighted by molar-refractivity contribution is 5.79. The largest absolute Gasteiger partial charge is 0.381 e. The first-order valence-corrected chi connectivity index (χ1v) is 10.1. The number of aliphatic imine (C=N–C) groups is 1. The van der Waals surface area contributed by atoms with Crippen molar-refractivity contribution >= 4 is 5.96 Å². The van der Waals surface area contributed by atoms with Gasteiger partial charge in [-0.25, -0.2) is 0 Å². The molecule has 1 aliphatic carbocycles. The molecule has 0 aromatic heterocycles. The molecule has 0 amide bonds. The average molecular weight is 359 g/mol. The standard InChI is InChI=1S/C21H34N4O/c1-3-22-20(23-15-18-9-10-18)24-16-21(11-13-26-14-12-21)25-17(2)19-7-5-4-6-8-19/h4-8,17-18,25H,3,9-16H2,1-2H3,(H2,22,23,24). The van der Waals surface area contributed by atoms with Gasteiger partial charge >= 0.3 is 0 Å². The predicted molar refractivity (Wildman–Crippen MR) is 107 cm³/mol. The molecule has 5 heteroatoms. The Balaban J connectivity index is 1.66. The molecule has 3 N–H and O–H groups in total. The second-order valence-electron chi connectivity index (χ2n) is 7.69. The number of hydrogen-bond donors (Lipinski definition) is 3. The summed E-state index contributed by atoms with van der Waals surface area (Å²) in [6.45, 7) is 8.66. The highest BCUT2D eigenvalue weighted by Crippen LogP contribution is 2.28. The van der Waals surface area contributed by atoms with Gasteiger partial charge in [-0.3, -0.25) is 4.99 Å². The predicted octanol–water partition coefficient (Wildman–Crippen LogP) is 2.85. The Kier molecular flexibility index (Phi) is 6.92. The molecular formula is C21H34N4O. The molecule has 2 aliphatic rings. The smallest absolute Gasteiger partial charge is 0.191 e. The summed E-state index contributed by atoms with van der Waals surface area (Å²) in [5, 5.41) is 10.8. The second-order valence-corrected chi connectivity index (χ2v) is 7.69. The van der Waals surface area contributed by atoms with Gasteiger partial charge in [0.2, 0.25) is 0 Å². The van der Waals surface area contributed by atoms with E-state index >= 15 is 0 Å². The van der Waals surface area contributed by atoms with Gasteiger partial charge < -0.3 is 20.7 Å². The van der Waals surface area contributed by atoms with Gasteiger partial charge in [0.25, 0.3) is 0 Å². The normalized spacial score (nSPS) is 21.2. The van der Waals surface area contributed by atoms with Gasteiger partial charge in [-0.15, -0.1) is 0 Å². The molecule has 1 saturated carbocycles. The first-order chi connectivity index (χ1) is 12.7. The highest BCUT2D eigenvalue weighted by Gasteiger charge is 2.34. The summed E-state index contributed by atoms with van der Waals surface area (Å²) in [5.74, 6) is 1.78. The third-order valence-electron chi connectivity index (χ3n) is 5.41. The summed E-state index contributed by atoms with van der Waals surface area (Å²) in [4.78, 5) is 4.93. The number of benzene rings is 1. The van der Waals surface area contributed by atoms with E-state index in [0.717, 1.165) is 57.6 Å². The van der Waals surface area contributed by atoms with Gasteiger partial charge in [-0.05, 0) is 51.0 Å². The van der Waals surface area contributed by atoms with E-state index in [2.05, 4.69) is 60.1 Å². The Hall–Kier alpha value is -1.59. The van der Waals surface area contributed by atoms with Crippen LogP contribution in [0.4, 0.5) is 0 Å². The zero-order valence-corrected chi connectivity index (χ0v) is 16.3. The van der Waals surface area contributed by atoms with Crippen molar-refractivity contribution in [3.63, 3.8) is 0 Å². The molecule has 1 heterocycles. The van der Waals surface area contributed by atoms with Crippen LogP contribution in [-0.2, 0) is 4.74 Å². The molecular weight excluding hydrogens is 324 g/mol. The van der Waals surface area contributed by atoms with Crippen molar-refractivity contribution in [3.8, 4) is 0 Å². The summed E-state index contributed by atoms with van der Waals surface area (Å²) in [6.07, 6.45) is 4.69. The van der Waals surface area contributed by atoms with Crippen molar-refractivity contribution in [3.05, 3.63) is 35.9 Å². The Labute approximate surface area is 158 Å². The van der Waals surface area contributed by atoms with E-state index in [4.69, 9.17) is 9.73 Å². The lowest BCUT2D eigenvalue weighted by molar-refractivity contribution is 0.0374. The van der Waals surface area contributed by atoms with Crippen LogP contribution in [-0.4, -0.2) is 44.3 Å². The van der Waals surface area contributed by atoms with Crippen molar-refractivity contribution in [1.29, 1.82) is 0 Å². The molecule has 26 heavy (non-hydrogen) atoms. The lowest BCUT2D eigenvalue weighted by Gasteiger charge is -2.39. The highest BCUT2D eigenvalue weighted by atomic mass is 16.5. The van der Waals surface area contributed by atoms with Gasteiger partial charge in [-0.2, -0.15) is 0 Å². The third-order valence-corrected chi connectivity index (χ3v) is 5.41. The molecule has 0 bridgehead atoms. The maximum absolute atomic E-state index is 5.63. The van der Waals surface area contributed by atoms with Crippen molar-refractivity contribution in [2.24, 2.45) is 10.9 Å². The fourth-order valence-electron chi connectivity index (χ4n) is 3.53. The summed E-state index contributed by atoms with van der Waals surface area (Å²) < 4.78 is 5.63. The molecule has 2 fully saturated rings. The van der Waals surface area contributed by atoms with Crippen molar-refractivity contribution in [2.45, 2.75) is 51.1 Å².